The third-order valence-electron chi connectivity index (χ3n) is 3.43. The van der Waals surface area contributed by atoms with E-state index < -0.39 is 5.54 Å². The van der Waals surface area contributed by atoms with E-state index in [2.05, 4.69) is 33.0 Å². The molecule has 1 atom stereocenters. The molecule has 0 aliphatic carbocycles. The molecule has 0 aromatic heterocycles. The van der Waals surface area contributed by atoms with E-state index in [0.717, 1.165) is 6.42 Å². The summed E-state index contributed by atoms with van der Waals surface area (Å²) in [6.07, 6.45) is 0.787. The van der Waals surface area contributed by atoms with Gasteiger partial charge >= 0.3 is 6.03 Å². The van der Waals surface area contributed by atoms with E-state index in [1.54, 1.807) is 0 Å². The largest absolute Gasteiger partial charge is 0.323 e. The van der Waals surface area contributed by atoms with Crippen molar-refractivity contribution in [3.8, 4) is 0 Å². The molecule has 0 aromatic carbocycles. The van der Waals surface area contributed by atoms with Crippen LogP contribution in [0.1, 0.15) is 41.0 Å². The lowest BCUT2D eigenvalue weighted by molar-refractivity contribution is 0.129. The molecule has 1 fully saturated rings. The van der Waals surface area contributed by atoms with Gasteiger partial charge in [-0.15, -0.1) is 0 Å². The highest BCUT2D eigenvalue weighted by atomic mass is 16.2. The number of urea groups is 1. The Morgan fingerprint density at radius 3 is 2.31 bits per heavy atom. The minimum absolute atomic E-state index is 0.116. The predicted molar refractivity (Wildman–Crippen MR) is 65.7 cm³/mol. The predicted octanol–water partition coefficient (Wildman–Crippen LogP) is 2.45. The van der Waals surface area contributed by atoms with E-state index in [1.807, 2.05) is 11.8 Å². The third-order valence-corrected chi connectivity index (χ3v) is 3.43. The van der Waals surface area contributed by atoms with Crippen molar-refractivity contribution in [3.63, 3.8) is 0 Å². The Morgan fingerprint density at radius 2 is 1.94 bits per heavy atom. The first-order valence-electron chi connectivity index (χ1n) is 6.03. The number of amides is 2. The summed E-state index contributed by atoms with van der Waals surface area (Å²) in [7, 11) is 0. The summed E-state index contributed by atoms with van der Waals surface area (Å²) in [5.74, 6) is 1.03. The minimum Gasteiger partial charge on any atom is -0.311 e. The minimum atomic E-state index is -0.429. The maximum absolute atomic E-state index is 11.9. The quantitative estimate of drug-likeness (QED) is 0.758. The van der Waals surface area contributed by atoms with Gasteiger partial charge in [0.1, 0.15) is 11.4 Å². The highest BCUT2D eigenvalue weighted by Gasteiger charge is 2.50. The van der Waals surface area contributed by atoms with Crippen LogP contribution >= 0.6 is 0 Å². The summed E-state index contributed by atoms with van der Waals surface area (Å²) < 4.78 is 0. The Balaban J connectivity index is 3.09. The van der Waals surface area contributed by atoms with E-state index in [9.17, 15) is 4.79 Å². The maximum atomic E-state index is 11.9. The molecule has 0 spiro atoms. The zero-order valence-corrected chi connectivity index (χ0v) is 10.9. The van der Waals surface area contributed by atoms with Gasteiger partial charge in [-0.3, -0.25) is 10.7 Å². The van der Waals surface area contributed by atoms with Crippen LogP contribution < -0.4 is 5.32 Å². The van der Waals surface area contributed by atoms with E-state index in [-0.39, 0.29) is 11.9 Å². The second-order valence-electron chi connectivity index (χ2n) is 5.24. The summed E-state index contributed by atoms with van der Waals surface area (Å²) in [6, 6.07) is -0.116. The smallest absolute Gasteiger partial charge is 0.311 e. The standard InChI is InChI=1S/C12H23N3O/c1-6-12(9(4)5)10(13)14-11(16)15(12)7-8(2)3/h8-9H,6-7H2,1-5H3,(H2,13,14,16). The molecule has 1 heterocycles. The number of carbonyl (C=O) groups excluding carboxylic acids is 1. The van der Waals surface area contributed by atoms with Crippen molar-refractivity contribution in [2.24, 2.45) is 11.8 Å². The van der Waals surface area contributed by atoms with Gasteiger partial charge in [0.25, 0.3) is 0 Å². The molecule has 0 radical (unpaired) electrons. The molecular weight excluding hydrogens is 202 g/mol. The van der Waals surface area contributed by atoms with Gasteiger partial charge in [-0.05, 0) is 18.3 Å². The fourth-order valence-electron chi connectivity index (χ4n) is 2.59. The van der Waals surface area contributed by atoms with Gasteiger partial charge in [0.2, 0.25) is 0 Å². The number of hydrogen-bond donors (Lipinski definition) is 2. The molecule has 16 heavy (non-hydrogen) atoms. The molecule has 0 saturated carbocycles. The van der Waals surface area contributed by atoms with Crippen LogP contribution in [0.5, 0.6) is 0 Å². The molecule has 1 aliphatic heterocycles. The Labute approximate surface area is 97.9 Å². The van der Waals surface area contributed by atoms with Crippen LogP contribution in [0.3, 0.4) is 0 Å². The lowest BCUT2D eigenvalue weighted by Gasteiger charge is -2.40. The fourth-order valence-corrected chi connectivity index (χ4v) is 2.59. The summed E-state index contributed by atoms with van der Waals surface area (Å²) in [5, 5.41) is 10.7. The summed E-state index contributed by atoms with van der Waals surface area (Å²) in [5.41, 5.74) is -0.429. The highest BCUT2D eigenvalue weighted by Crippen LogP contribution is 2.33. The van der Waals surface area contributed by atoms with Gasteiger partial charge < -0.3 is 4.90 Å². The topological polar surface area (TPSA) is 56.2 Å². The summed E-state index contributed by atoms with van der Waals surface area (Å²) in [4.78, 5) is 13.7. The molecule has 1 aliphatic rings. The normalized spacial score (nSPS) is 25.8. The van der Waals surface area contributed by atoms with Crippen molar-refractivity contribution in [3.05, 3.63) is 0 Å². The molecule has 4 nitrogen and oxygen atoms in total. The summed E-state index contributed by atoms with van der Waals surface area (Å²) >= 11 is 0. The number of nitrogens with one attached hydrogen (secondary N) is 2. The molecule has 1 unspecified atom stereocenters. The second kappa shape index (κ2) is 4.44. The van der Waals surface area contributed by atoms with Crippen molar-refractivity contribution in [2.75, 3.05) is 6.54 Å². The summed E-state index contributed by atoms with van der Waals surface area (Å²) in [6.45, 7) is 11.1. The van der Waals surface area contributed by atoms with Crippen molar-refractivity contribution < 1.29 is 4.79 Å². The van der Waals surface area contributed by atoms with Crippen LogP contribution in [0.4, 0.5) is 4.79 Å². The van der Waals surface area contributed by atoms with E-state index >= 15 is 0 Å². The number of carbonyl (C=O) groups is 1. The molecular formula is C12H23N3O. The first-order chi connectivity index (χ1) is 7.36. The SMILES string of the molecule is CCC1(C(C)C)C(=N)NC(=O)N1CC(C)C. The van der Waals surface area contributed by atoms with Crippen molar-refractivity contribution >= 4 is 11.9 Å². The van der Waals surface area contributed by atoms with Crippen molar-refractivity contribution in [1.29, 1.82) is 5.41 Å². The molecule has 4 heteroatoms. The van der Waals surface area contributed by atoms with Crippen LogP contribution in [-0.2, 0) is 0 Å². The Hall–Kier alpha value is -1.06. The van der Waals surface area contributed by atoms with E-state index in [1.165, 1.54) is 0 Å². The Bertz CT molecular complexity index is 299. The van der Waals surface area contributed by atoms with Gasteiger partial charge in [0.15, 0.2) is 0 Å². The number of amidine groups is 1. The number of rotatable bonds is 4. The molecule has 0 aromatic rings. The molecule has 1 saturated heterocycles. The van der Waals surface area contributed by atoms with Crippen LogP contribution in [0.15, 0.2) is 0 Å². The van der Waals surface area contributed by atoms with Gasteiger partial charge in [-0.1, -0.05) is 34.6 Å². The molecule has 2 amide bonds. The average molecular weight is 225 g/mol. The van der Waals surface area contributed by atoms with Crippen LogP contribution in [0.2, 0.25) is 0 Å². The zero-order valence-electron chi connectivity index (χ0n) is 10.9. The Morgan fingerprint density at radius 1 is 1.38 bits per heavy atom. The molecule has 0 bridgehead atoms. The average Bonchev–Trinajstić information content (AvgIpc) is 2.38. The second-order valence-corrected chi connectivity index (χ2v) is 5.24. The van der Waals surface area contributed by atoms with Gasteiger partial charge in [-0.2, -0.15) is 0 Å². The lowest BCUT2D eigenvalue weighted by atomic mass is 9.82. The van der Waals surface area contributed by atoms with Crippen LogP contribution in [0, 0.1) is 17.2 Å². The molecule has 2 N–H and O–H groups in total. The third kappa shape index (κ3) is 1.81. The highest BCUT2D eigenvalue weighted by molar-refractivity contribution is 6.08. The van der Waals surface area contributed by atoms with Gasteiger partial charge in [0.05, 0.1) is 0 Å². The molecule has 92 valence electrons. The van der Waals surface area contributed by atoms with Crippen LogP contribution in [-0.4, -0.2) is 28.9 Å². The molecule has 1 rings (SSSR count). The lowest BCUT2D eigenvalue weighted by Crippen LogP contribution is -2.54. The van der Waals surface area contributed by atoms with Crippen LogP contribution in [0.25, 0.3) is 0 Å². The zero-order chi connectivity index (χ0) is 12.5. The van der Waals surface area contributed by atoms with E-state index in [4.69, 9.17) is 5.41 Å². The van der Waals surface area contributed by atoms with Crippen molar-refractivity contribution in [2.45, 2.75) is 46.6 Å². The van der Waals surface area contributed by atoms with Gasteiger partial charge in [0, 0.05) is 6.54 Å². The van der Waals surface area contributed by atoms with E-state index in [0.29, 0.717) is 18.3 Å². The number of nitrogens with zero attached hydrogens (tertiary/aromatic N) is 1. The first kappa shape index (κ1) is 13.0. The first-order valence-corrected chi connectivity index (χ1v) is 6.03. The fraction of sp³-hybridized carbons (Fsp3) is 0.833. The Kier molecular flexibility index (Phi) is 3.61. The monoisotopic (exact) mass is 225 g/mol. The maximum Gasteiger partial charge on any atom is 0.323 e. The van der Waals surface area contributed by atoms with Gasteiger partial charge in [-0.25, -0.2) is 4.79 Å². The number of hydrogen-bond acceptors (Lipinski definition) is 2. The van der Waals surface area contributed by atoms with Crippen molar-refractivity contribution in [1.82, 2.24) is 10.2 Å².